The lowest BCUT2D eigenvalue weighted by Crippen LogP contribution is -2.36. The largest absolute Gasteiger partial charge is 0.492 e. The van der Waals surface area contributed by atoms with E-state index >= 15 is 0 Å². The molecule has 1 rings (SSSR count). The minimum absolute atomic E-state index is 0.147. The summed E-state index contributed by atoms with van der Waals surface area (Å²) < 4.78 is 16.4. The molecule has 0 saturated carbocycles. The molecule has 0 aliphatic heterocycles. The fourth-order valence-electron chi connectivity index (χ4n) is 1.68. The van der Waals surface area contributed by atoms with E-state index in [1.807, 2.05) is 13.8 Å². The Morgan fingerprint density at radius 3 is 2.74 bits per heavy atom. The molecule has 1 aromatic rings. The first-order valence-electron chi connectivity index (χ1n) is 6.07. The normalized spacial score (nSPS) is 13.6. The first-order chi connectivity index (χ1) is 8.93. The van der Waals surface area contributed by atoms with Gasteiger partial charge in [-0.05, 0) is 32.0 Å². The number of rotatable bonds is 6. The molecule has 0 radical (unpaired) electrons. The van der Waals surface area contributed by atoms with Crippen molar-refractivity contribution in [3.8, 4) is 5.75 Å². The van der Waals surface area contributed by atoms with Gasteiger partial charge in [-0.3, -0.25) is 9.00 Å². The average Bonchev–Trinajstić information content (AvgIpc) is 2.30. The van der Waals surface area contributed by atoms with Crippen LogP contribution in [0.5, 0.6) is 5.75 Å². The number of ether oxygens (including phenoxy) is 1. The van der Waals surface area contributed by atoms with Gasteiger partial charge in [0.05, 0.1) is 12.3 Å². The number of carbonyl (C=O) groups is 1. The predicted molar refractivity (Wildman–Crippen MR) is 77.9 cm³/mol. The summed E-state index contributed by atoms with van der Waals surface area (Å²) in [7, 11) is -0.939. The van der Waals surface area contributed by atoms with Gasteiger partial charge in [-0.25, -0.2) is 0 Å². The number of amides is 1. The van der Waals surface area contributed by atoms with E-state index < -0.39 is 10.8 Å². The molecule has 0 saturated heterocycles. The highest BCUT2D eigenvalue weighted by molar-refractivity contribution is 7.84. The molecule has 0 spiro atoms. The molecule has 0 aliphatic rings. The summed E-state index contributed by atoms with van der Waals surface area (Å²) in [6, 6.07) is 4.77. The average molecular weight is 284 g/mol. The van der Waals surface area contributed by atoms with Gasteiger partial charge >= 0.3 is 0 Å². The van der Waals surface area contributed by atoms with Gasteiger partial charge in [0.25, 0.3) is 5.91 Å². The Morgan fingerprint density at radius 2 is 2.21 bits per heavy atom. The molecule has 0 bridgehead atoms. The monoisotopic (exact) mass is 284 g/mol. The number of benzene rings is 1. The van der Waals surface area contributed by atoms with Crippen LogP contribution in [0.1, 0.15) is 24.2 Å². The second-order valence-electron chi connectivity index (χ2n) is 4.30. The molecule has 1 amide bonds. The topological polar surface area (TPSA) is 81.4 Å². The van der Waals surface area contributed by atoms with Crippen molar-refractivity contribution >= 4 is 22.4 Å². The Hall–Kier alpha value is -1.56. The number of nitrogens with two attached hydrogens (primary N) is 1. The van der Waals surface area contributed by atoms with Gasteiger partial charge in [-0.1, -0.05) is 0 Å². The van der Waals surface area contributed by atoms with Crippen LogP contribution < -0.4 is 15.8 Å². The molecule has 0 fully saturated rings. The third-order valence-corrected chi connectivity index (χ3v) is 3.40. The van der Waals surface area contributed by atoms with E-state index in [4.69, 9.17) is 10.5 Å². The summed E-state index contributed by atoms with van der Waals surface area (Å²) in [5.74, 6) is 0.771. The minimum atomic E-state index is -0.939. The molecule has 3 N–H and O–H groups in total. The third-order valence-electron chi connectivity index (χ3n) is 2.43. The van der Waals surface area contributed by atoms with Crippen molar-refractivity contribution in [3.63, 3.8) is 0 Å². The third kappa shape index (κ3) is 4.90. The van der Waals surface area contributed by atoms with E-state index in [1.54, 1.807) is 24.5 Å². The maximum Gasteiger partial charge on any atom is 0.251 e. The maximum atomic E-state index is 12.0. The molecule has 106 valence electrons. The highest BCUT2D eigenvalue weighted by Crippen LogP contribution is 2.22. The molecule has 0 heterocycles. The smallest absolute Gasteiger partial charge is 0.251 e. The molecule has 6 heteroatoms. The number of hydrogen-bond acceptors (Lipinski definition) is 4. The maximum absolute atomic E-state index is 12.0. The molecule has 0 aromatic heterocycles. The fraction of sp³-hybridized carbons (Fsp3) is 0.462. The highest BCUT2D eigenvalue weighted by atomic mass is 32.2. The van der Waals surface area contributed by atoms with Crippen LogP contribution in [-0.4, -0.2) is 34.8 Å². The standard InChI is InChI=1S/C13H20N2O3S/c1-4-18-12-6-5-10(7-11(12)14)13(16)15-9(2)8-19(3)17/h5-7,9H,4,8,14H2,1-3H3,(H,15,16). The summed E-state index contributed by atoms with van der Waals surface area (Å²) in [5, 5.41) is 2.78. The number of hydrogen-bond donors (Lipinski definition) is 2. The van der Waals surface area contributed by atoms with Crippen molar-refractivity contribution in [2.75, 3.05) is 24.3 Å². The first-order valence-corrected chi connectivity index (χ1v) is 7.80. The Bertz CT molecular complexity index is 477. The van der Waals surface area contributed by atoms with Crippen molar-refractivity contribution in [1.82, 2.24) is 5.32 Å². The van der Waals surface area contributed by atoms with Gasteiger partial charge in [0.2, 0.25) is 0 Å². The second-order valence-corrected chi connectivity index (χ2v) is 5.78. The van der Waals surface area contributed by atoms with Crippen LogP contribution in [0.25, 0.3) is 0 Å². The van der Waals surface area contributed by atoms with Gasteiger partial charge in [0.15, 0.2) is 0 Å². The lowest BCUT2D eigenvalue weighted by Gasteiger charge is -2.13. The Labute approximate surface area is 116 Å². The van der Waals surface area contributed by atoms with Crippen LogP contribution in [-0.2, 0) is 10.8 Å². The van der Waals surface area contributed by atoms with E-state index in [-0.39, 0.29) is 11.9 Å². The van der Waals surface area contributed by atoms with E-state index in [2.05, 4.69) is 5.32 Å². The summed E-state index contributed by atoms with van der Waals surface area (Å²) in [5.41, 5.74) is 6.70. The fourth-order valence-corrected chi connectivity index (χ4v) is 2.46. The summed E-state index contributed by atoms with van der Waals surface area (Å²) in [4.78, 5) is 12.0. The van der Waals surface area contributed by atoms with E-state index in [9.17, 15) is 9.00 Å². The van der Waals surface area contributed by atoms with Gasteiger partial charge in [-0.15, -0.1) is 0 Å². The zero-order chi connectivity index (χ0) is 14.4. The molecular weight excluding hydrogens is 264 g/mol. The molecular formula is C13H20N2O3S. The van der Waals surface area contributed by atoms with Gasteiger partial charge in [0.1, 0.15) is 5.75 Å². The molecule has 2 atom stereocenters. The molecule has 0 aliphatic carbocycles. The van der Waals surface area contributed by atoms with Gasteiger partial charge in [-0.2, -0.15) is 0 Å². The van der Waals surface area contributed by atoms with Crippen LogP contribution in [0.4, 0.5) is 5.69 Å². The molecule has 5 nitrogen and oxygen atoms in total. The number of nitrogens with one attached hydrogen (secondary N) is 1. The zero-order valence-electron chi connectivity index (χ0n) is 11.4. The van der Waals surface area contributed by atoms with Crippen LogP contribution >= 0.6 is 0 Å². The lowest BCUT2D eigenvalue weighted by atomic mass is 10.1. The minimum Gasteiger partial charge on any atom is -0.492 e. The summed E-state index contributed by atoms with van der Waals surface area (Å²) in [6.45, 7) is 4.21. The van der Waals surface area contributed by atoms with Crippen LogP contribution in [0.3, 0.4) is 0 Å². The second kappa shape index (κ2) is 7.13. The van der Waals surface area contributed by atoms with Crippen molar-refractivity contribution < 1.29 is 13.7 Å². The van der Waals surface area contributed by atoms with E-state index in [0.29, 0.717) is 29.4 Å². The quantitative estimate of drug-likeness (QED) is 0.768. The Morgan fingerprint density at radius 1 is 1.53 bits per heavy atom. The molecule has 1 aromatic carbocycles. The van der Waals surface area contributed by atoms with E-state index in [0.717, 1.165) is 0 Å². The number of nitrogen functional groups attached to an aromatic ring is 1. The lowest BCUT2D eigenvalue weighted by molar-refractivity contribution is 0.0943. The van der Waals surface area contributed by atoms with Gasteiger partial charge < -0.3 is 15.8 Å². The summed E-state index contributed by atoms with van der Waals surface area (Å²) >= 11 is 0. The van der Waals surface area contributed by atoms with Crippen LogP contribution in [0, 0.1) is 0 Å². The highest BCUT2D eigenvalue weighted by Gasteiger charge is 2.12. The van der Waals surface area contributed by atoms with Crippen LogP contribution in [0.2, 0.25) is 0 Å². The predicted octanol–water partition coefficient (Wildman–Crippen LogP) is 1.16. The Kier molecular flexibility index (Phi) is 5.82. The van der Waals surface area contributed by atoms with Crippen molar-refractivity contribution in [3.05, 3.63) is 23.8 Å². The zero-order valence-corrected chi connectivity index (χ0v) is 12.3. The van der Waals surface area contributed by atoms with Crippen molar-refractivity contribution in [2.24, 2.45) is 0 Å². The Balaban J connectivity index is 2.72. The van der Waals surface area contributed by atoms with Crippen molar-refractivity contribution in [1.29, 1.82) is 0 Å². The van der Waals surface area contributed by atoms with Crippen molar-refractivity contribution in [2.45, 2.75) is 19.9 Å². The summed E-state index contributed by atoms with van der Waals surface area (Å²) in [6.07, 6.45) is 1.61. The first kappa shape index (κ1) is 15.5. The van der Waals surface area contributed by atoms with Crippen LogP contribution in [0.15, 0.2) is 18.2 Å². The molecule has 19 heavy (non-hydrogen) atoms. The molecule has 2 unspecified atom stereocenters. The van der Waals surface area contributed by atoms with E-state index in [1.165, 1.54) is 0 Å². The SMILES string of the molecule is CCOc1ccc(C(=O)NC(C)CS(C)=O)cc1N. The number of carbonyl (C=O) groups excluding carboxylic acids is 1. The number of anilines is 1. The van der Waals surface area contributed by atoms with Gasteiger partial charge in [0, 0.05) is 34.4 Å².